The molecule has 0 saturated heterocycles. The van der Waals surface area contributed by atoms with Crippen molar-refractivity contribution in [3.63, 3.8) is 0 Å². The fraction of sp³-hybridized carbons (Fsp3) is 0.143. The van der Waals surface area contributed by atoms with E-state index in [1.165, 1.54) is 30.6 Å². The van der Waals surface area contributed by atoms with Gasteiger partial charge in [-0.05, 0) is 42.9 Å². The van der Waals surface area contributed by atoms with Crippen LogP contribution in [0.1, 0.15) is 20.8 Å². The molecule has 0 spiro atoms. The summed E-state index contributed by atoms with van der Waals surface area (Å²) in [5.41, 5.74) is 1.27. The second-order valence-electron chi connectivity index (χ2n) is 6.25. The zero-order chi connectivity index (χ0) is 21.9. The van der Waals surface area contributed by atoms with Gasteiger partial charge in [-0.2, -0.15) is 13.2 Å². The van der Waals surface area contributed by atoms with Crippen molar-refractivity contribution >= 4 is 45.3 Å². The first-order chi connectivity index (χ1) is 14.2. The topological polar surface area (TPSA) is 50.4 Å². The van der Waals surface area contributed by atoms with Gasteiger partial charge in [0, 0.05) is 16.1 Å². The molecule has 0 radical (unpaired) electrons. The lowest BCUT2D eigenvalue weighted by atomic mass is 10.0. The third kappa shape index (κ3) is 4.80. The first kappa shape index (κ1) is 21.8. The molecule has 0 bridgehead atoms. The van der Waals surface area contributed by atoms with E-state index in [2.05, 4.69) is 10.6 Å². The van der Waals surface area contributed by atoms with Crippen molar-refractivity contribution in [1.82, 2.24) is 0 Å². The maximum atomic E-state index is 12.9. The van der Waals surface area contributed by atoms with Crippen LogP contribution in [-0.2, 0) is 10.9 Å². The number of hydrogen-bond donors (Lipinski definition) is 2. The molecule has 0 aliphatic rings. The summed E-state index contributed by atoms with van der Waals surface area (Å²) in [7, 11) is 1.28. The molecule has 30 heavy (non-hydrogen) atoms. The molecule has 0 aliphatic heterocycles. The molecule has 0 unspecified atom stereocenters. The molecular formula is C21H17F3N2O2S2. The maximum absolute atomic E-state index is 12.9. The molecule has 4 nitrogen and oxygen atoms in total. The number of anilines is 2. The molecule has 0 aliphatic carbocycles. The minimum absolute atomic E-state index is 0.0559. The molecule has 156 valence electrons. The van der Waals surface area contributed by atoms with Crippen LogP contribution < -0.4 is 10.6 Å². The van der Waals surface area contributed by atoms with Gasteiger partial charge in [0.25, 0.3) is 0 Å². The van der Waals surface area contributed by atoms with Gasteiger partial charge in [-0.3, -0.25) is 0 Å². The Bertz CT molecular complexity index is 1080. The molecule has 0 atom stereocenters. The normalized spacial score (nSPS) is 11.1. The Labute approximate surface area is 180 Å². The predicted molar refractivity (Wildman–Crippen MR) is 117 cm³/mol. The fourth-order valence-electron chi connectivity index (χ4n) is 2.92. The Kier molecular flexibility index (Phi) is 6.42. The molecule has 1 heterocycles. The molecule has 0 saturated carbocycles. The van der Waals surface area contributed by atoms with Crippen LogP contribution >= 0.6 is 23.6 Å². The van der Waals surface area contributed by atoms with E-state index in [9.17, 15) is 18.0 Å². The maximum Gasteiger partial charge on any atom is 0.416 e. The number of halogens is 3. The molecule has 1 aromatic heterocycles. The third-order valence-electron chi connectivity index (χ3n) is 4.21. The summed E-state index contributed by atoms with van der Waals surface area (Å²) >= 11 is 6.56. The van der Waals surface area contributed by atoms with E-state index in [1.54, 1.807) is 0 Å². The number of thiophene rings is 1. The lowest BCUT2D eigenvalue weighted by Crippen LogP contribution is -2.20. The van der Waals surface area contributed by atoms with Crippen molar-refractivity contribution < 1.29 is 22.7 Å². The van der Waals surface area contributed by atoms with Crippen LogP contribution in [0, 0.1) is 6.92 Å². The van der Waals surface area contributed by atoms with Crippen molar-refractivity contribution in [1.29, 1.82) is 0 Å². The van der Waals surface area contributed by atoms with Crippen LogP contribution in [0.5, 0.6) is 0 Å². The van der Waals surface area contributed by atoms with Crippen LogP contribution in [0.2, 0.25) is 0 Å². The molecule has 3 aromatic rings. The van der Waals surface area contributed by atoms with Crippen LogP contribution in [0.3, 0.4) is 0 Å². The number of nitrogens with one attached hydrogen (secondary N) is 2. The van der Waals surface area contributed by atoms with E-state index in [1.807, 2.05) is 37.3 Å². The second kappa shape index (κ2) is 8.85. The van der Waals surface area contributed by atoms with Crippen molar-refractivity contribution in [2.75, 3.05) is 17.7 Å². The highest BCUT2D eigenvalue weighted by atomic mass is 32.1. The molecule has 2 N–H and O–H groups in total. The highest BCUT2D eigenvalue weighted by Gasteiger charge is 2.30. The van der Waals surface area contributed by atoms with Crippen LogP contribution in [-0.4, -0.2) is 18.2 Å². The number of aryl methyl sites for hydroxylation is 1. The molecule has 0 fully saturated rings. The van der Waals surface area contributed by atoms with Crippen molar-refractivity contribution in [2.24, 2.45) is 0 Å². The first-order valence-electron chi connectivity index (χ1n) is 8.73. The minimum atomic E-state index is -4.46. The van der Waals surface area contributed by atoms with Crippen LogP contribution in [0.15, 0.2) is 54.6 Å². The number of carbonyl (C=O) groups is 1. The van der Waals surface area contributed by atoms with Crippen molar-refractivity contribution in [3.8, 4) is 11.1 Å². The lowest BCUT2D eigenvalue weighted by Gasteiger charge is -2.13. The van der Waals surface area contributed by atoms with Gasteiger partial charge in [0.1, 0.15) is 10.6 Å². The molecular weight excluding hydrogens is 433 g/mol. The average molecular weight is 451 g/mol. The Morgan fingerprint density at radius 3 is 2.40 bits per heavy atom. The summed E-state index contributed by atoms with van der Waals surface area (Å²) in [4.78, 5) is 13.4. The summed E-state index contributed by atoms with van der Waals surface area (Å²) in [5.74, 6) is -0.539. The van der Waals surface area contributed by atoms with Gasteiger partial charge in [0.15, 0.2) is 5.11 Å². The van der Waals surface area contributed by atoms with Crippen molar-refractivity contribution in [3.05, 3.63) is 70.6 Å². The molecule has 3 rings (SSSR count). The zero-order valence-corrected chi connectivity index (χ0v) is 17.6. The van der Waals surface area contributed by atoms with E-state index < -0.39 is 17.7 Å². The number of methoxy groups -OCH3 is 1. The lowest BCUT2D eigenvalue weighted by molar-refractivity contribution is -0.137. The Morgan fingerprint density at radius 2 is 1.77 bits per heavy atom. The number of hydrogen-bond acceptors (Lipinski definition) is 4. The number of ether oxygens (including phenoxy) is 1. The second-order valence-corrected chi connectivity index (χ2v) is 7.89. The van der Waals surface area contributed by atoms with Crippen LogP contribution in [0.25, 0.3) is 11.1 Å². The number of rotatable bonds is 4. The number of alkyl halides is 3. The summed E-state index contributed by atoms with van der Waals surface area (Å²) in [6, 6.07) is 14.1. The predicted octanol–water partition coefficient (Wildman–Crippen LogP) is 6.34. The molecule has 2 aromatic carbocycles. The highest BCUT2D eigenvalue weighted by Crippen LogP contribution is 2.40. The summed E-state index contributed by atoms with van der Waals surface area (Å²) in [5, 5.41) is 6.15. The van der Waals surface area contributed by atoms with E-state index in [0.29, 0.717) is 10.6 Å². The smallest absolute Gasteiger partial charge is 0.416 e. The summed E-state index contributed by atoms with van der Waals surface area (Å²) in [6.45, 7) is 1.87. The summed E-state index contributed by atoms with van der Waals surface area (Å²) < 4.78 is 43.7. The van der Waals surface area contributed by atoms with Gasteiger partial charge in [-0.1, -0.05) is 36.4 Å². The Hall–Kier alpha value is -2.91. The SMILES string of the molecule is COC(=O)c1c(NC(=S)Nc2cccc(C(F)(F)F)c2)sc(C)c1-c1ccccc1. The minimum Gasteiger partial charge on any atom is -0.465 e. The van der Waals surface area contributed by atoms with Gasteiger partial charge in [-0.15, -0.1) is 11.3 Å². The fourth-order valence-corrected chi connectivity index (χ4v) is 4.27. The van der Waals surface area contributed by atoms with Gasteiger partial charge in [-0.25, -0.2) is 4.79 Å². The Morgan fingerprint density at radius 1 is 1.07 bits per heavy atom. The molecule has 9 heteroatoms. The number of benzene rings is 2. The van der Waals surface area contributed by atoms with Gasteiger partial charge < -0.3 is 15.4 Å². The van der Waals surface area contributed by atoms with E-state index in [-0.39, 0.29) is 10.8 Å². The average Bonchev–Trinajstić information content (AvgIpc) is 3.03. The Balaban J connectivity index is 1.90. The number of thiocarbonyl (C=S) groups is 1. The van der Waals surface area contributed by atoms with Gasteiger partial charge in [0.2, 0.25) is 0 Å². The van der Waals surface area contributed by atoms with E-state index in [0.717, 1.165) is 28.1 Å². The first-order valence-corrected chi connectivity index (χ1v) is 9.95. The third-order valence-corrected chi connectivity index (χ3v) is 5.44. The largest absolute Gasteiger partial charge is 0.465 e. The summed E-state index contributed by atoms with van der Waals surface area (Å²) in [6.07, 6.45) is -4.46. The monoisotopic (exact) mass is 450 g/mol. The van der Waals surface area contributed by atoms with Crippen LogP contribution in [0.4, 0.5) is 23.9 Å². The van der Waals surface area contributed by atoms with Crippen molar-refractivity contribution in [2.45, 2.75) is 13.1 Å². The van der Waals surface area contributed by atoms with E-state index >= 15 is 0 Å². The molecule has 0 amide bonds. The quantitative estimate of drug-likeness (QED) is 0.359. The van der Waals surface area contributed by atoms with Gasteiger partial charge >= 0.3 is 12.1 Å². The highest BCUT2D eigenvalue weighted by molar-refractivity contribution is 7.80. The number of esters is 1. The van der Waals surface area contributed by atoms with Gasteiger partial charge in [0.05, 0.1) is 12.7 Å². The van der Waals surface area contributed by atoms with E-state index in [4.69, 9.17) is 17.0 Å². The number of carbonyl (C=O) groups excluding carboxylic acids is 1. The standard InChI is InChI=1S/C21H17F3N2O2S2/c1-12-16(13-7-4-3-5-8-13)17(19(27)28-2)18(30-12)26-20(29)25-15-10-6-9-14(11-15)21(22,23)24/h3-11H,1-2H3,(H2,25,26,29). The zero-order valence-electron chi connectivity index (χ0n) is 16.0.